The first-order valence-electron chi connectivity index (χ1n) is 8.11. The Kier molecular flexibility index (Phi) is 8.68. The summed E-state index contributed by atoms with van der Waals surface area (Å²) >= 11 is 0. The van der Waals surface area contributed by atoms with Crippen molar-refractivity contribution in [1.82, 2.24) is 10.1 Å². The molecule has 1 aromatic heterocycles. The lowest BCUT2D eigenvalue weighted by Crippen LogP contribution is -1.98. The highest BCUT2D eigenvalue weighted by atomic mass is 19.1. The van der Waals surface area contributed by atoms with E-state index in [4.69, 9.17) is 4.52 Å². The van der Waals surface area contributed by atoms with Crippen LogP contribution in [-0.4, -0.2) is 23.2 Å². The summed E-state index contributed by atoms with van der Waals surface area (Å²) in [5.74, 6) is 0.545. The maximum atomic E-state index is 13.2. The summed E-state index contributed by atoms with van der Waals surface area (Å²) in [7, 11) is 1.43. The van der Waals surface area contributed by atoms with Gasteiger partial charge in [0.1, 0.15) is 5.82 Å². The molecule has 6 heteroatoms. The number of halogens is 1. The van der Waals surface area contributed by atoms with Crippen LogP contribution in [0.15, 0.2) is 22.7 Å². The van der Waals surface area contributed by atoms with E-state index < -0.39 is 0 Å². The largest absolute Gasteiger partial charge is 0.469 e. The van der Waals surface area contributed by atoms with Crippen molar-refractivity contribution in [2.75, 3.05) is 7.11 Å². The average molecular weight is 336 g/mol. The number of esters is 1. The molecule has 0 bridgehead atoms. The number of carbonyl (C=O) groups is 1. The minimum absolute atomic E-state index is 0.0869. The van der Waals surface area contributed by atoms with Gasteiger partial charge in [0.25, 0.3) is 0 Å². The Balaban J connectivity index is 0.000000257. The Labute approximate surface area is 142 Å². The van der Waals surface area contributed by atoms with E-state index in [1.807, 2.05) is 0 Å². The summed E-state index contributed by atoms with van der Waals surface area (Å²) in [6, 6.07) is 4.86. The smallest absolute Gasteiger partial charge is 0.305 e. The first kappa shape index (κ1) is 19.8. The zero-order valence-electron chi connectivity index (χ0n) is 14.8. The minimum atomic E-state index is -0.259. The maximum Gasteiger partial charge on any atom is 0.305 e. The molecule has 0 fully saturated rings. The fourth-order valence-corrected chi connectivity index (χ4v) is 1.95. The summed E-state index contributed by atoms with van der Waals surface area (Å²) < 4.78 is 22.5. The van der Waals surface area contributed by atoms with Gasteiger partial charge in [0, 0.05) is 18.9 Å². The van der Waals surface area contributed by atoms with Gasteiger partial charge in [0.05, 0.1) is 7.11 Å². The van der Waals surface area contributed by atoms with Crippen LogP contribution in [-0.2, 0) is 9.53 Å². The van der Waals surface area contributed by atoms with Crippen molar-refractivity contribution >= 4 is 5.97 Å². The van der Waals surface area contributed by atoms with Crippen molar-refractivity contribution in [3.63, 3.8) is 0 Å². The van der Waals surface area contributed by atoms with E-state index in [-0.39, 0.29) is 11.8 Å². The van der Waals surface area contributed by atoms with Crippen molar-refractivity contribution in [3.05, 3.63) is 35.5 Å². The first-order valence-corrected chi connectivity index (χ1v) is 8.11. The molecule has 1 aromatic carbocycles. The number of carbonyl (C=O) groups excluding carboxylic acids is 1. The van der Waals surface area contributed by atoms with Gasteiger partial charge in [-0.2, -0.15) is 4.98 Å². The fraction of sp³-hybridized carbons (Fsp3) is 0.500. The van der Waals surface area contributed by atoms with Crippen LogP contribution < -0.4 is 0 Å². The van der Waals surface area contributed by atoms with E-state index in [2.05, 4.69) is 21.8 Å². The van der Waals surface area contributed by atoms with E-state index in [1.54, 1.807) is 26.0 Å². The molecule has 0 aliphatic rings. The summed E-state index contributed by atoms with van der Waals surface area (Å²) in [4.78, 5) is 14.6. The lowest BCUT2D eigenvalue weighted by Gasteiger charge is -1.97. The molecule has 2 aromatic rings. The fourth-order valence-electron chi connectivity index (χ4n) is 1.95. The normalized spacial score (nSPS) is 10.0. The standard InChI is InChI=1S/C10H9FN2O.C8H16O2/c1-6-3-4-8(5-9(6)11)10-12-7(2)14-13-10;1-3-4-5-6-7-8(9)10-2/h3-5H,1-2H3;3-7H2,1-2H3. The number of benzene rings is 1. The Morgan fingerprint density at radius 1 is 1.25 bits per heavy atom. The van der Waals surface area contributed by atoms with Gasteiger partial charge < -0.3 is 9.26 Å². The molecule has 0 N–H and O–H groups in total. The van der Waals surface area contributed by atoms with E-state index in [9.17, 15) is 9.18 Å². The number of hydrogen-bond donors (Lipinski definition) is 0. The van der Waals surface area contributed by atoms with Crippen LogP contribution in [0.25, 0.3) is 11.4 Å². The van der Waals surface area contributed by atoms with Gasteiger partial charge in [0.15, 0.2) is 0 Å². The molecule has 0 unspecified atom stereocenters. The van der Waals surface area contributed by atoms with Gasteiger partial charge >= 0.3 is 5.97 Å². The Morgan fingerprint density at radius 3 is 2.54 bits per heavy atom. The van der Waals surface area contributed by atoms with Crippen molar-refractivity contribution in [2.45, 2.75) is 52.9 Å². The molecule has 0 saturated heterocycles. The van der Waals surface area contributed by atoms with Crippen LogP contribution in [0.4, 0.5) is 4.39 Å². The molecular formula is C18H25FN2O3. The topological polar surface area (TPSA) is 65.2 Å². The zero-order chi connectivity index (χ0) is 17.9. The van der Waals surface area contributed by atoms with Crippen molar-refractivity contribution in [3.8, 4) is 11.4 Å². The second-order valence-corrected chi connectivity index (χ2v) is 5.49. The van der Waals surface area contributed by atoms with Crippen molar-refractivity contribution in [1.29, 1.82) is 0 Å². The summed E-state index contributed by atoms with van der Waals surface area (Å²) in [6.07, 6.45) is 5.13. The number of rotatable bonds is 6. The lowest BCUT2D eigenvalue weighted by atomic mass is 10.1. The molecule has 1 heterocycles. The predicted molar refractivity (Wildman–Crippen MR) is 89.9 cm³/mol. The molecule has 0 aliphatic heterocycles. The highest BCUT2D eigenvalue weighted by Crippen LogP contribution is 2.18. The van der Waals surface area contributed by atoms with E-state index in [0.29, 0.717) is 29.3 Å². The Hall–Kier alpha value is -2.24. The SMILES string of the molecule is CCCCCCC(=O)OC.Cc1nc(-c2ccc(C)c(F)c2)no1. The number of methoxy groups -OCH3 is 1. The molecule has 0 aliphatic carbocycles. The number of ether oxygens (including phenoxy) is 1. The summed E-state index contributed by atoms with van der Waals surface area (Å²) in [6.45, 7) is 5.56. The van der Waals surface area contributed by atoms with Crippen LogP contribution in [0, 0.1) is 19.7 Å². The zero-order valence-corrected chi connectivity index (χ0v) is 14.8. The Morgan fingerprint density at radius 2 is 2.00 bits per heavy atom. The summed E-state index contributed by atoms with van der Waals surface area (Å²) in [5, 5.41) is 3.70. The number of aromatic nitrogens is 2. The average Bonchev–Trinajstić information content (AvgIpc) is 3.01. The van der Waals surface area contributed by atoms with E-state index in [1.165, 1.54) is 26.0 Å². The number of unbranched alkanes of at least 4 members (excludes halogenated alkanes) is 3. The van der Waals surface area contributed by atoms with Crippen LogP contribution >= 0.6 is 0 Å². The number of hydrogen-bond acceptors (Lipinski definition) is 5. The molecule has 0 spiro atoms. The van der Waals surface area contributed by atoms with E-state index in [0.717, 1.165) is 12.8 Å². The van der Waals surface area contributed by atoms with Gasteiger partial charge in [-0.15, -0.1) is 0 Å². The quantitative estimate of drug-likeness (QED) is 0.569. The van der Waals surface area contributed by atoms with Crippen LogP contribution in [0.5, 0.6) is 0 Å². The molecule has 24 heavy (non-hydrogen) atoms. The van der Waals surface area contributed by atoms with Crippen molar-refractivity contribution < 1.29 is 18.4 Å². The Bertz CT molecular complexity index is 641. The third-order valence-electron chi connectivity index (χ3n) is 3.42. The monoisotopic (exact) mass is 336 g/mol. The van der Waals surface area contributed by atoms with Crippen molar-refractivity contribution in [2.24, 2.45) is 0 Å². The van der Waals surface area contributed by atoms with Crippen LogP contribution in [0.1, 0.15) is 50.5 Å². The molecule has 0 saturated carbocycles. The van der Waals surface area contributed by atoms with Crippen LogP contribution in [0.2, 0.25) is 0 Å². The van der Waals surface area contributed by atoms with Gasteiger partial charge in [0.2, 0.25) is 11.7 Å². The second kappa shape index (κ2) is 10.5. The highest BCUT2D eigenvalue weighted by Gasteiger charge is 2.07. The van der Waals surface area contributed by atoms with Gasteiger partial charge in [-0.3, -0.25) is 4.79 Å². The summed E-state index contributed by atoms with van der Waals surface area (Å²) in [5.41, 5.74) is 1.24. The minimum Gasteiger partial charge on any atom is -0.469 e. The molecule has 0 amide bonds. The predicted octanol–water partition coefficient (Wildman–Crippen LogP) is 4.62. The molecule has 0 radical (unpaired) electrons. The van der Waals surface area contributed by atoms with Gasteiger partial charge in [-0.05, 0) is 25.0 Å². The first-order chi connectivity index (χ1) is 11.5. The third-order valence-corrected chi connectivity index (χ3v) is 3.42. The third kappa shape index (κ3) is 6.89. The second-order valence-electron chi connectivity index (χ2n) is 5.49. The molecule has 0 atom stereocenters. The van der Waals surface area contributed by atoms with Gasteiger partial charge in [-0.1, -0.05) is 43.5 Å². The molecular weight excluding hydrogens is 311 g/mol. The maximum absolute atomic E-state index is 13.2. The van der Waals surface area contributed by atoms with Gasteiger partial charge in [-0.25, -0.2) is 4.39 Å². The molecule has 132 valence electrons. The highest BCUT2D eigenvalue weighted by molar-refractivity contribution is 5.68. The molecule has 5 nitrogen and oxygen atoms in total. The number of nitrogens with zero attached hydrogens (tertiary/aromatic N) is 2. The van der Waals surface area contributed by atoms with E-state index >= 15 is 0 Å². The molecule has 2 rings (SSSR count). The van der Waals surface area contributed by atoms with Crippen LogP contribution in [0.3, 0.4) is 0 Å². The lowest BCUT2D eigenvalue weighted by molar-refractivity contribution is -0.140. The number of aryl methyl sites for hydroxylation is 2.